The van der Waals surface area contributed by atoms with E-state index >= 15 is 0 Å². The summed E-state index contributed by atoms with van der Waals surface area (Å²) >= 11 is 5.91. The van der Waals surface area contributed by atoms with Gasteiger partial charge in [0.1, 0.15) is 0 Å². The van der Waals surface area contributed by atoms with Crippen LogP contribution in [0.3, 0.4) is 0 Å². The Morgan fingerprint density at radius 2 is 1.96 bits per heavy atom. The standard InChI is InChI=1S/C15H24ClN3O3S/c1-18(2)10-5-9-17-15(20)8-11-19(23(3,21)22)14-7-4-6-13(16)12-14/h4,6-7,12H,5,8-11H2,1-3H3,(H,17,20). The van der Waals surface area contributed by atoms with Gasteiger partial charge in [0.25, 0.3) is 0 Å². The molecule has 0 heterocycles. The summed E-state index contributed by atoms with van der Waals surface area (Å²) in [4.78, 5) is 13.9. The fourth-order valence-corrected chi connectivity index (χ4v) is 3.14. The van der Waals surface area contributed by atoms with Crippen LogP contribution in [-0.2, 0) is 14.8 Å². The lowest BCUT2D eigenvalue weighted by atomic mass is 10.3. The van der Waals surface area contributed by atoms with Crippen LogP contribution in [0.15, 0.2) is 24.3 Å². The van der Waals surface area contributed by atoms with E-state index in [0.29, 0.717) is 17.3 Å². The molecule has 0 atom stereocenters. The first-order chi connectivity index (χ1) is 10.7. The SMILES string of the molecule is CN(C)CCCNC(=O)CCN(c1cccc(Cl)c1)S(C)(=O)=O. The maximum Gasteiger partial charge on any atom is 0.232 e. The van der Waals surface area contributed by atoms with Crippen LogP contribution in [0.4, 0.5) is 5.69 Å². The van der Waals surface area contributed by atoms with Crippen LogP contribution in [0.2, 0.25) is 5.02 Å². The van der Waals surface area contributed by atoms with Gasteiger partial charge < -0.3 is 10.2 Å². The van der Waals surface area contributed by atoms with Gasteiger partial charge in [-0.2, -0.15) is 0 Å². The van der Waals surface area contributed by atoms with E-state index in [0.717, 1.165) is 19.2 Å². The van der Waals surface area contributed by atoms with E-state index < -0.39 is 10.0 Å². The smallest absolute Gasteiger partial charge is 0.232 e. The van der Waals surface area contributed by atoms with E-state index in [9.17, 15) is 13.2 Å². The van der Waals surface area contributed by atoms with E-state index in [2.05, 4.69) is 5.32 Å². The molecule has 1 aromatic carbocycles. The zero-order valence-corrected chi connectivity index (χ0v) is 15.3. The van der Waals surface area contributed by atoms with Crippen LogP contribution >= 0.6 is 11.6 Å². The summed E-state index contributed by atoms with van der Waals surface area (Å²) in [6, 6.07) is 6.57. The molecule has 6 nitrogen and oxygen atoms in total. The highest BCUT2D eigenvalue weighted by molar-refractivity contribution is 7.92. The first-order valence-electron chi connectivity index (χ1n) is 7.35. The van der Waals surface area contributed by atoms with Crippen LogP contribution < -0.4 is 9.62 Å². The number of hydrogen-bond donors (Lipinski definition) is 1. The minimum atomic E-state index is -3.48. The van der Waals surface area contributed by atoms with Crippen LogP contribution in [-0.4, -0.2) is 59.2 Å². The van der Waals surface area contributed by atoms with E-state index in [-0.39, 0.29) is 18.9 Å². The molecule has 0 aliphatic rings. The third kappa shape index (κ3) is 7.67. The molecule has 1 N–H and O–H groups in total. The highest BCUT2D eigenvalue weighted by Crippen LogP contribution is 2.21. The predicted molar refractivity (Wildman–Crippen MR) is 94.4 cm³/mol. The quantitative estimate of drug-likeness (QED) is 0.678. The normalized spacial score (nSPS) is 11.5. The summed E-state index contributed by atoms with van der Waals surface area (Å²) in [5.41, 5.74) is 0.459. The maximum atomic E-state index is 11.9. The van der Waals surface area contributed by atoms with E-state index in [1.807, 2.05) is 19.0 Å². The van der Waals surface area contributed by atoms with Gasteiger partial charge in [0.05, 0.1) is 11.9 Å². The maximum absolute atomic E-state index is 11.9. The van der Waals surface area contributed by atoms with Crippen molar-refractivity contribution in [2.75, 3.05) is 44.3 Å². The number of rotatable bonds is 9. The lowest BCUT2D eigenvalue weighted by Gasteiger charge is -2.22. The molecule has 23 heavy (non-hydrogen) atoms. The fourth-order valence-electron chi connectivity index (χ4n) is 2.03. The van der Waals surface area contributed by atoms with Gasteiger partial charge >= 0.3 is 0 Å². The van der Waals surface area contributed by atoms with Crippen LogP contribution in [0.5, 0.6) is 0 Å². The molecule has 130 valence electrons. The molecule has 0 aromatic heterocycles. The second-order valence-corrected chi connectivity index (χ2v) is 7.92. The number of hydrogen-bond acceptors (Lipinski definition) is 4. The van der Waals surface area contributed by atoms with Gasteiger partial charge in [0.15, 0.2) is 0 Å². The van der Waals surface area contributed by atoms with Gasteiger partial charge in [-0.05, 0) is 45.3 Å². The molecule has 1 rings (SSSR count). The van der Waals surface area contributed by atoms with E-state index in [4.69, 9.17) is 11.6 Å². The summed E-state index contributed by atoms with van der Waals surface area (Å²) in [5.74, 6) is -0.167. The number of carbonyl (C=O) groups is 1. The molecule has 0 aliphatic carbocycles. The molecule has 0 fully saturated rings. The number of nitrogens with one attached hydrogen (secondary N) is 1. The summed E-state index contributed by atoms with van der Waals surface area (Å²) in [5, 5.41) is 3.24. The van der Waals surface area contributed by atoms with Gasteiger partial charge in [-0.15, -0.1) is 0 Å². The van der Waals surface area contributed by atoms with Gasteiger partial charge in [-0.1, -0.05) is 17.7 Å². The van der Waals surface area contributed by atoms with E-state index in [1.54, 1.807) is 24.3 Å². The number of nitrogens with zero attached hydrogens (tertiary/aromatic N) is 2. The number of amides is 1. The van der Waals surface area contributed by atoms with Crippen molar-refractivity contribution < 1.29 is 13.2 Å². The molecule has 0 saturated carbocycles. The van der Waals surface area contributed by atoms with Crippen LogP contribution in [0.1, 0.15) is 12.8 Å². The van der Waals surface area contributed by atoms with Gasteiger partial charge in [-0.3, -0.25) is 9.10 Å². The van der Waals surface area contributed by atoms with Crippen molar-refractivity contribution in [3.63, 3.8) is 0 Å². The van der Waals surface area contributed by atoms with Gasteiger partial charge in [0.2, 0.25) is 15.9 Å². The molecule has 0 bridgehead atoms. The van der Waals surface area contributed by atoms with E-state index in [1.165, 1.54) is 4.31 Å². The van der Waals surface area contributed by atoms with Gasteiger partial charge in [-0.25, -0.2) is 8.42 Å². The Kier molecular flexibility index (Phi) is 7.81. The second-order valence-electron chi connectivity index (χ2n) is 5.57. The lowest BCUT2D eigenvalue weighted by molar-refractivity contribution is -0.120. The fraction of sp³-hybridized carbons (Fsp3) is 0.533. The molecular weight excluding hydrogens is 338 g/mol. The largest absolute Gasteiger partial charge is 0.356 e. The van der Waals surface area contributed by atoms with Crippen molar-refractivity contribution in [1.29, 1.82) is 0 Å². The first kappa shape index (κ1) is 19.7. The summed E-state index contributed by atoms with van der Waals surface area (Å²) in [7, 11) is 0.459. The Morgan fingerprint density at radius 1 is 1.26 bits per heavy atom. The number of benzene rings is 1. The van der Waals surface area contributed by atoms with Crippen LogP contribution in [0, 0.1) is 0 Å². The third-order valence-electron chi connectivity index (χ3n) is 3.14. The topological polar surface area (TPSA) is 69.7 Å². The van der Waals surface area contributed by atoms with Crippen molar-refractivity contribution in [3.05, 3.63) is 29.3 Å². The Hall–Kier alpha value is -1.31. The number of halogens is 1. The second kappa shape index (κ2) is 9.10. The molecule has 0 spiro atoms. The average molecular weight is 362 g/mol. The zero-order chi connectivity index (χ0) is 17.5. The highest BCUT2D eigenvalue weighted by Gasteiger charge is 2.18. The Labute approximate surface area is 143 Å². The van der Waals surface area contributed by atoms with Crippen molar-refractivity contribution >= 4 is 33.2 Å². The zero-order valence-electron chi connectivity index (χ0n) is 13.8. The minimum Gasteiger partial charge on any atom is -0.356 e. The van der Waals surface area contributed by atoms with Crippen molar-refractivity contribution in [2.45, 2.75) is 12.8 Å². The molecule has 0 radical (unpaired) electrons. The molecule has 1 aromatic rings. The van der Waals surface area contributed by atoms with Crippen molar-refractivity contribution in [3.8, 4) is 0 Å². The molecule has 0 saturated heterocycles. The number of sulfonamides is 1. The van der Waals surface area contributed by atoms with Gasteiger partial charge in [0, 0.05) is 24.5 Å². The van der Waals surface area contributed by atoms with Crippen molar-refractivity contribution in [2.24, 2.45) is 0 Å². The number of carbonyl (C=O) groups excluding carboxylic acids is 1. The third-order valence-corrected chi connectivity index (χ3v) is 4.57. The first-order valence-corrected chi connectivity index (χ1v) is 9.57. The lowest BCUT2D eigenvalue weighted by Crippen LogP contribution is -2.35. The Morgan fingerprint density at radius 3 is 2.52 bits per heavy atom. The minimum absolute atomic E-state index is 0.0820. The average Bonchev–Trinajstić information content (AvgIpc) is 2.42. The van der Waals surface area contributed by atoms with Crippen molar-refractivity contribution in [1.82, 2.24) is 10.2 Å². The van der Waals surface area contributed by atoms with Crippen LogP contribution in [0.25, 0.3) is 0 Å². The predicted octanol–water partition coefficient (Wildman–Crippen LogP) is 1.56. The molecule has 0 aliphatic heterocycles. The molecular formula is C15H24ClN3O3S. The summed E-state index contributed by atoms with van der Waals surface area (Å²) in [6.45, 7) is 1.55. The number of anilines is 1. The Bertz CT molecular complexity index is 620. The monoisotopic (exact) mass is 361 g/mol. The summed E-state index contributed by atoms with van der Waals surface area (Å²) in [6.07, 6.45) is 2.06. The highest BCUT2D eigenvalue weighted by atomic mass is 35.5. The molecule has 8 heteroatoms. The molecule has 0 unspecified atom stereocenters. The molecule has 1 amide bonds. The summed E-state index contributed by atoms with van der Waals surface area (Å²) < 4.78 is 25.1. The Balaban J connectivity index is 2.58.